The van der Waals surface area contributed by atoms with Gasteiger partial charge in [-0.3, -0.25) is 4.79 Å². The molecular weight excluding hydrogens is 266 g/mol. The highest BCUT2D eigenvalue weighted by molar-refractivity contribution is 6.30. The summed E-state index contributed by atoms with van der Waals surface area (Å²) in [6.07, 6.45) is 1.17. The van der Waals surface area contributed by atoms with Crippen molar-refractivity contribution in [1.29, 1.82) is 0 Å². The molecule has 0 radical (unpaired) electrons. The van der Waals surface area contributed by atoms with E-state index >= 15 is 0 Å². The lowest BCUT2D eigenvalue weighted by Gasteiger charge is -2.02. The van der Waals surface area contributed by atoms with Crippen LogP contribution in [0, 0.1) is 0 Å². The minimum absolute atomic E-state index is 0.0643. The molecule has 0 aliphatic heterocycles. The Morgan fingerprint density at radius 1 is 1.37 bits per heavy atom. The summed E-state index contributed by atoms with van der Waals surface area (Å²) in [5.74, 6) is -0.0866. The Kier molecular flexibility index (Phi) is 4.22. The Morgan fingerprint density at radius 3 is 2.63 bits per heavy atom. The van der Waals surface area contributed by atoms with Crippen molar-refractivity contribution in [1.82, 2.24) is 5.16 Å². The number of nitrogens with zero attached hydrogens (tertiary/aromatic N) is 1. The second-order valence-corrected chi connectivity index (χ2v) is 4.62. The molecule has 0 amide bonds. The standard InChI is InChI=1S/C14H14ClNO3/c1-2-12-11(7-8-13(17)18)14(16-19-12)9-3-5-10(15)6-4-9/h3-6H,2,7-8H2,1H3,(H,17,18). The van der Waals surface area contributed by atoms with Gasteiger partial charge in [-0.1, -0.05) is 35.8 Å². The Hall–Kier alpha value is -1.81. The van der Waals surface area contributed by atoms with E-state index < -0.39 is 5.97 Å². The van der Waals surface area contributed by atoms with Gasteiger partial charge in [-0.25, -0.2) is 0 Å². The van der Waals surface area contributed by atoms with Gasteiger partial charge in [0.05, 0.1) is 0 Å². The largest absolute Gasteiger partial charge is 0.481 e. The average Bonchev–Trinajstić information content (AvgIpc) is 2.80. The molecule has 0 fully saturated rings. The van der Waals surface area contributed by atoms with Crippen molar-refractivity contribution >= 4 is 17.6 Å². The number of hydrogen-bond donors (Lipinski definition) is 1. The molecule has 1 aromatic carbocycles. The number of aromatic nitrogens is 1. The highest BCUT2D eigenvalue weighted by Crippen LogP contribution is 2.28. The molecular formula is C14H14ClNO3. The topological polar surface area (TPSA) is 63.3 Å². The van der Waals surface area contributed by atoms with Crippen molar-refractivity contribution in [2.45, 2.75) is 26.2 Å². The van der Waals surface area contributed by atoms with E-state index in [0.29, 0.717) is 23.6 Å². The number of hydrogen-bond acceptors (Lipinski definition) is 3. The van der Waals surface area contributed by atoms with Gasteiger partial charge in [0.2, 0.25) is 0 Å². The van der Waals surface area contributed by atoms with Gasteiger partial charge < -0.3 is 9.63 Å². The molecule has 1 aromatic heterocycles. The summed E-state index contributed by atoms with van der Waals surface area (Å²) in [6, 6.07) is 7.25. The van der Waals surface area contributed by atoms with Crippen LogP contribution in [0.1, 0.15) is 24.7 Å². The van der Waals surface area contributed by atoms with Crippen LogP contribution >= 0.6 is 11.6 Å². The Bertz CT molecular complexity index is 575. The van der Waals surface area contributed by atoms with Crippen LogP contribution in [-0.4, -0.2) is 16.2 Å². The van der Waals surface area contributed by atoms with E-state index in [-0.39, 0.29) is 6.42 Å². The van der Waals surface area contributed by atoms with Crippen LogP contribution in [0.2, 0.25) is 5.02 Å². The molecule has 100 valence electrons. The van der Waals surface area contributed by atoms with Crippen LogP contribution in [0.5, 0.6) is 0 Å². The van der Waals surface area contributed by atoms with Gasteiger partial charge in [-0.2, -0.15) is 0 Å². The minimum atomic E-state index is -0.828. The fraction of sp³-hybridized carbons (Fsp3) is 0.286. The van der Waals surface area contributed by atoms with E-state index in [1.54, 1.807) is 12.1 Å². The summed E-state index contributed by atoms with van der Waals surface area (Å²) < 4.78 is 5.29. The second kappa shape index (κ2) is 5.89. The smallest absolute Gasteiger partial charge is 0.303 e. The van der Waals surface area contributed by atoms with E-state index in [2.05, 4.69) is 5.16 Å². The quantitative estimate of drug-likeness (QED) is 0.909. The first-order valence-electron chi connectivity index (χ1n) is 6.07. The highest BCUT2D eigenvalue weighted by Gasteiger charge is 2.17. The first-order valence-corrected chi connectivity index (χ1v) is 6.44. The molecule has 2 rings (SSSR count). The molecule has 0 aliphatic rings. The van der Waals surface area contributed by atoms with Crippen LogP contribution in [0.15, 0.2) is 28.8 Å². The lowest BCUT2D eigenvalue weighted by Crippen LogP contribution is -1.99. The van der Waals surface area contributed by atoms with Crippen molar-refractivity contribution in [3.63, 3.8) is 0 Å². The molecule has 2 aromatic rings. The number of aliphatic carboxylic acids is 1. The summed E-state index contributed by atoms with van der Waals surface area (Å²) in [5.41, 5.74) is 2.45. The number of aryl methyl sites for hydroxylation is 1. The maximum absolute atomic E-state index is 10.7. The third-order valence-electron chi connectivity index (χ3n) is 2.90. The van der Waals surface area contributed by atoms with Crippen LogP contribution in [-0.2, 0) is 17.6 Å². The van der Waals surface area contributed by atoms with Gasteiger partial charge in [-0.05, 0) is 18.6 Å². The summed E-state index contributed by atoms with van der Waals surface area (Å²) in [5, 5.41) is 13.5. The van der Waals surface area contributed by atoms with Crippen LogP contribution in [0.3, 0.4) is 0 Å². The molecule has 0 saturated heterocycles. The molecule has 1 N–H and O–H groups in total. The second-order valence-electron chi connectivity index (χ2n) is 4.19. The third-order valence-corrected chi connectivity index (χ3v) is 3.15. The molecule has 19 heavy (non-hydrogen) atoms. The predicted molar refractivity (Wildman–Crippen MR) is 72.3 cm³/mol. The van der Waals surface area contributed by atoms with Gasteiger partial charge in [-0.15, -0.1) is 0 Å². The van der Waals surface area contributed by atoms with E-state index in [9.17, 15) is 4.79 Å². The van der Waals surface area contributed by atoms with E-state index in [1.807, 2.05) is 19.1 Å². The summed E-state index contributed by atoms with van der Waals surface area (Å²) in [6.45, 7) is 1.95. The molecule has 0 atom stereocenters. The van der Waals surface area contributed by atoms with Crippen LogP contribution < -0.4 is 0 Å². The SMILES string of the molecule is CCc1onc(-c2ccc(Cl)cc2)c1CCC(=O)O. The monoisotopic (exact) mass is 279 g/mol. The summed E-state index contributed by atoms with van der Waals surface area (Å²) >= 11 is 5.85. The zero-order chi connectivity index (χ0) is 13.8. The number of carboxylic acids is 1. The summed E-state index contributed by atoms with van der Waals surface area (Å²) in [4.78, 5) is 10.7. The lowest BCUT2D eigenvalue weighted by molar-refractivity contribution is -0.136. The third kappa shape index (κ3) is 3.15. The van der Waals surface area contributed by atoms with Crippen LogP contribution in [0.25, 0.3) is 11.3 Å². The maximum Gasteiger partial charge on any atom is 0.303 e. The van der Waals surface area contributed by atoms with Gasteiger partial charge in [0.15, 0.2) is 0 Å². The molecule has 0 unspecified atom stereocenters. The van der Waals surface area contributed by atoms with Crippen molar-refractivity contribution in [2.75, 3.05) is 0 Å². The Morgan fingerprint density at radius 2 is 2.05 bits per heavy atom. The lowest BCUT2D eigenvalue weighted by atomic mass is 10.0. The highest BCUT2D eigenvalue weighted by atomic mass is 35.5. The van der Waals surface area contributed by atoms with Gasteiger partial charge in [0.1, 0.15) is 11.5 Å². The molecule has 0 bridgehead atoms. The fourth-order valence-electron chi connectivity index (χ4n) is 1.95. The Labute approximate surface area is 116 Å². The normalized spacial score (nSPS) is 10.6. The van der Waals surface area contributed by atoms with E-state index in [1.165, 1.54) is 0 Å². The molecule has 0 saturated carbocycles. The minimum Gasteiger partial charge on any atom is -0.481 e. The molecule has 0 spiro atoms. The van der Waals surface area contributed by atoms with Crippen molar-refractivity contribution in [3.05, 3.63) is 40.6 Å². The predicted octanol–water partition coefficient (Wildman–Crippen LogP) is 3.57. The van der Waals surface area contributed by atoms with Crippen LogP contribution in [0.4, 0.5) is 0 Å². The van der Waals surface area contributed by atoms with E-state index in [4.69, 9.17) is 21.2 Å². The zero-order valence-electron chi connectivity index (χ0n) is 10.5. The van der Waals surface area contributed by atoms with Crippen molar-refractivity contribution in [2.24, 2.45) is 0 Å². The fourth-order valence-corrected chi connectivity index (χ4v) is 2.07. The zero-order valence-corrected chi connectivity index (χ0v) is 11.3. The maximum atomic E-state index is 10.7. The Balaban J connectivity index is 2.36. The van der Waals surface area contributed by atoms with Gasteiger partial charge in [0, 0.05) is 29.0 Å². The number of carbonyl (C=O) groups is 1. The molecule has 1 heterocycles. The first-order chi connectivity index (χ1) is 9.11. The van der Waals surface area contributed by atoms with Gasteiger partial charge in [0.25, 0.3) is 0 Å². The number of benzene rings is 1. The van der Waals surface area contributed by atoms with Crippen molar-refractivity contribution < 1.29 is 14.4 Å². The molecule has 4 nitrogen and oxygen atoms in total. The van der Waals surface area contributed by atoms with Crippen molar-refractivity contribution in [3.8, 4) is 11.3 Å². The average molecular weight is 280 g/mol. The molecule has 5 heteroatoms. The molecule has 0 aliphatic carbocycles. The van der Waals surface area contributed by atoms with E-state index in [0.717, 1.165) is 16.9 Å². The van der Waals surface area contributed by atoms with Gasteiger partial charge >= 0.3 is 5.97 Å². The number of carboxylic acid groups (broad SMARTS) is 1. The summed E-state index contributed by atoms with van der Waals surface area (Å²) in [7, 11) is 0. The number of halogens is 1. The number of rotatable bonds is 5. The first kappa shape index (κ1) is 13.6.